The van der Waals surface area contributed by atoms with Crippen LogP contribution >= 0.6 is 12.2 Å². The van der Waals surface area contributed by atoms with Gasteiger partial charge in [-0.1, -0.05) is 24.4 Å². The van der Waals surface area contributed by atoms with E-state index in [9.17, 15) is 4.79 Å². The predicted octanol–water partition coefficient (Wildman–Crippen LogP) is 1.99. The van der Waals surface area contributed by atoms with Crippen LogP contribution in [0.25, 0.3) is 0 Å². The maximum atomic E-state index is 12.2. The summed E-state index contributed by atoms with van der Waals surface area (Å²) >= 11 is 4.95. The number of amides is 1. The largest absolute Gasteiger partial charge is 0.389 e. The summed E-state index contributed by atoms with van der Waals surface area (Å²) in [4.78, 5) is 12.5. The molecule has 2 unspecified atom stereocenters. The molecule has 102 valence electrons. The molecule has 0 aliphatic carbocycles. The van der Waals surface area contributed by atoms with Gasteiger partial charge in [0.2, 0.25) is 5.91 Å². The first kappa shape index (κ1) is 14.0. The van der Waals surface area contributed by atoms with Gasteiger partial charge < -0.3 is 15.8 Å². The highest BCUT2D eigenvalue weighted by Crippen LogP contribution is 2.24. The van der Waals surface area contributed by atoms with Crippen LogP contribution < -0.4 is 11.1 Å². The Bertz CT molecular complexity index is 516. The summed E-state index contributed by atoms with van der Waals surface area (Å²) in [6.07, 6.45) is 0.736. The van der Waals surface area contributed by atoms with E-state index < -0.39 is 0 Å². The summed E-state index contributed by atoms with van der Waals surface area (Å²) in [5.41, 5.74) is 8.11. The lowest BCUT2D eigenvalue weighted by molar-refractivity contribution is -0.121. The molecule has 1 heterocycles. The highest BCUT2D eigenvalue weighted by atomic mass is 32.1. The number of benzene rings is 1. The third-order valence-electron chi connectivity index (χ3n) is 3.49. The minimum atomic E-state index is -0.0899. The van der Waals surface area contributed by atoms with Gasteiger partial charge in [0, 0.05) is 17.9 Å². The van der Waals surface area contributed by atoms with Gasteiger partial charge in [-0.15, -0.1) is 0 Å². The third-order valence-corrected chi connectivity index (χ3v) is 3.73. The van der Waals surface area contributed by atoms with E-state index >= 15 is 0 Å². The van der Waals surface area contributed by atoms with Crippen LogP contribution in [0.1, 0.15) is 24.5 Å². The molecule has 1 aromatic carbocycles. The molecule has 0 radical (unpaired) electrons. The molecule has 1 aliphatic rings. The zero-order chi connectivity index (χ0) is 14.0. The van der Waals surface area contributed by atoms with Crippen LogP contribution in [0.3, 0.4) is 0 Å². The number of anilines is 1. The molecule has 4 nitrogen and oxygen atoms in total. The number of thiocarbonyl (C=S) groups is 1. The molecule has 1 saturated heterocycles. The second-order valence-electron chi connectivity index (χ2n) is 4.85. The lowest BCUT2D eigenvalue weighted by Gasteiger charge is -2.16. The molecule has 0 spiro atoms. The molecule has 3 N–H and O–H groups in total. The van der Waals surface area contributed by atoms with Gasteiger partial charge in [-0.2, -0.15) is 0 Å². The van der Waals surface area contributed by atoms with Crippen molar-refractivity contribution in [3.8, 4) is 0 Å². The smallest absolute Gasteiger partial charge is 0.230 e. The summed E-state index contributed by atoms with van der Waals surface area (Å²) in [6.45, 7) is 4.51. The number of nitrogens with one attached hydrogen (secondary N) is 1. The molecule has 0 saturated carbocycles. The van der Waals surface area contributed by atoms with Gasteiger partial charge in [-0.05, 0) is 31.9 Å². The Morgan fingerprint density at radius 3 is 2.84 bits per heavy atom. The molecule has 0 aromatic heterocycles. The molecule has 0 bridgehead atoms. The monoisotopic (exact) mass is 278 g/mol. The van der Waals surface area contributed by atoms with E-state index in [1.165, 1.54) is 0 Å². The Kier molecular flexibility index (Phi) is 4.17. The van der Waals surface area contributed by atoms with Crippen molar-refractivity contribution in [3.05, 3.63) is 29.3 Å². The van der Waals surface area contributed by atoms with E-state index in [1.54, 1.807) is 0 Å². The highest BCUT2D eigenvalue weighted by Gasteiger charge is 2.30. The summed E-state index contributed by atoms with van der Waals surface area (Å²) in [5.74, 6) is -0.0962. The molecule has 1 aliphatic heterocycles. The maximum absolute atomic E-state index is 12.2. The van der Waals surface area contributed by atoms with Crippen LogP contribution in [-0.2, 0) is 9.53 Å². The van der Waals surface area contributed by atoms with Crippen molar-refractivity contribution in [3.63, 3.8) is 0 Å². The van der Waals surface area contributed by atoms with Gasteiger partial charge in [0.1, 0.15) is 4.99 Å². The van der Waals surface area contributed by atoms with Gasteiger partial charge in [-0.25, -0.2) is 0 Å². The van der Waals surface area contributed by atoms with Gasteiger partial charge in [0.05, 0.1) is 12.0 Å². The second-order valence-corrected chi connectivity index (χ2v) is 5.29. The van der Waals surface area contributed by atoms with E-state index in [-0.39, 0.29) is 17.9 Å². The molecule has 1 amide bonds. The minimum absolute atomic E-state index is 0.00631. The van der Waals surface area contributed by atoms with Crippen molar-refractivity contribution in [2.45, 2.75) is 26.4 Å². The summed E-state index contributed by atoms with van der Waals surface area (Å²) in [7, 11) is 0. The molecule has 5 heteroatoms. The molecule has 1 fully saturated rings. The average molecular weight is 278 g/mol. The number of nitrogens with two attached hydrogens (primary N) is 1. The standard InChI is InChI=1S/C14H18N2O2S/c1-8-3-4-10(13(15)19)7-12(8)16-14(17)11-5-6-18-9(11)2/h3-4,7,9,11H,5-6H2,1-2H3,(H2,15,19)(H,16,17). The Labute approximate surface area is 118 Å². The number of aryl methyl sites for hydroxylation is 1. The molecular weight excluding hydrogens is 260 g/mol. The first-order valence-corrected chi connectivity index (χ1v) is 6.73. The highest BCUT2D eigenvalue weighted by molar-refractivity contribution is 7.80. The van der Waals surface area contributed by atoms with Crippen LogP contribution in [0.4, 0.5) is 5.69 Å². The first-order chi connectivity index (χ1) is 8.99. The van der Waals surface area contributed by atoms with Crippen LogP contribution in [0.15, 0.2) is 18.2 Å². The van der Waals surface area contributed by atoms with E-state index in [0.717, 1.165) is 23.2 Å². The fourth-order valence-electron chi connectivity index (χ4n) is 2.21. The summed E-state index contributed by atoms with van der Waals surface area (Å²) in [6, 6.07) is 5.57. The zero-order valence-electron chi connectivity index (χ0n) is 11.1. The molecule has 19 heavy (non-hydrogen) atoms. The van der Waals surface area contributed by atoms with E-state index in [4.69, 9.17) is 22.7 Å². The van der Waals surface area contributed by atoms with Crippen LogP contribution in [0.5, 0.6) is 0 Å². The normalized spacial score (nSPS) is 22.2. The second kappa shape index (κ2) is 5.67. The van der Waals surface area contributed by atoms with Gasteiger partial charge in [0.25, 0.3) is 0 Å². The SMILES string of the molecule is Cc1ccc(C(N)=S)cc1NC(=O)C1CCOC1C. The molecule has 2 atom stereocenters. The van der Waals surface area contributed by atoms with Gasteiger partial charge >= 0.3 is 0 Å². The third kappa shape index (κ3) is 3.11. The summed E-state index contributed by atoms with van der Waals surface area (Å²) < 4.78 is 5.41. The molecule has 1 aromatic rings. The lowest BCUT2D eigenvalue weighted by atomic mass is 10.0. The maximum Gasteiger partial charge on any atom is 0.230 e. The van der Waals surface area contributed by atoms with E-state index in [2.05, 4.69) is 5.32 Å². The van der Waals surface area contributed by atoms with Crippen molar-refractivity contribution >= 4 is 28.8 Å². The van der Waals surface area contributed by atoms with E-state index in [1.807, 2.05) is 32.0 Å². The van der Waals surface area contributed by atoms with Crippen molar-refractivity contribution in [1.29, 1.82) is 0 Å². The number of hydrogen-bond donors (Lipinski definition) is 2. The minimum Gasteiger partial charge on any atom is -0.389 e. The molecule has 2 rings (SSSR count). The topological polar surface area (TPSA) is 64.3 Å². The van der Waals surface area contributed by atoms with E-state index in [0.29, 0.717) is 11.6 Å². The Hall–Kier alpha value is -1.46. The first-order valence-electron chi connectivity index (χ1n) is 6.32. The Morgan fingerprint density at radius 1 is 1.53 bits per heavy atom. The predicted molar refractivity (Wildman–Crippen MR) is 79.2 cm³/mol. The fraction of sp³-hybridized carbons (Fsp3) is 0.429. The number of carbonyl (C=O) groups excluding carboxylic acids is 1. The average Bonchev–Trinajstić information content (AvgIpc) is 2.78. The summed E-state index contributed by atoms with van der Waals surface area (Å²) in [5, 5.41) is 2.94. The van der Waals surface area contributed by atoms with Crippen molar-refractivity contribution in [2.24, 2.45) is 11.7 Å². The lowest BCUT2D eigenvalue weighted by Crippen LogP contribution is -2.28. The van der Waals surface area contributed by atoms with Crippen molar-refractivity contribution in [1.82, 2.24) is 0 Å². The number of ether oxygens (including phenoxy) is 1. The van der Waals surface area contributed by atoms with Crippen LogP contribution in [0, 0.1) is 12.8 Å². The van der Waals surface area contributed by atoms with Crippen LogP contribution in [-0.4, -0.2) is 23.6 Å². The van der Waals surface area contributed by atoms with Crippen LogP contribution in [0.2, 0.25) is 0 Å². The fourth-order valence-corrected chi connectivity index (χ4v) is 2.34. The van der Waals surface area contributed by atoms with Gasteiger partial charge in [-0.3, -0.25) is 4.79 Å². The quantitative estimate of drug-likeness (QED) is 0.830. The zero-order valence-corrected chi connectivity index (χ0v) is 11.9. The van der Waals surface area contributed by atoms with Crippen molar-refractivity contribution in [2.75, 3.05) is 11.9 Å². The van der Waals surface area contributed by atoms with Crippen molar-refractivity contribution < 1.29 is 9.53 Å². The number of rotatable bonds is 3. The Morgan fingerprint density at radius 2 is 2.26 bits per heavy atom. The Balaban J connectivity index is 2.16. The van der Waals surface area contributed by atoms with Gasteiger partial charge in [0.15, 0.2) is 0 Å². The number of carbonyl (C=O) groups is 1. The molecular formula is C14H18N2O2S. The number of hydrogen-bond acceptors (Lipinski definition) is 3.